The van der Waals surface area contributed by atoms with E-state index >= 15 is 0 Å². The van der Waals surface area contributed by atoms with Crippen molar-refractivity contribution in [2.75, 3.05) is 6.54 Å². The molecule has 0 atom stereocenters. The topological polar surface area (TPSA) is 12.0 Å². The second-order valence-corrected chi connectivity index (χ2v) is 5.54. The highest BCUT2D eigenvalue weighted by molar-refractivity contribution is 4.69. The zero-order chi connectivity index (χ0) is 11.0. The highest BCUT2D eigenvalue weighted by Gasteiger charge is 2.11. The molecule has 0 aliphatic carbocycles. The molecular weight excluding hydrogens is 170 g/mol. The number of rotatable bonds is 7. The largest absolute Gasteiger partial charge is 0.314 e. The molecule has 0 rings (SSSR count). The van der Waals surface area contributed by atoms with Crippen LogP contribution in [0.15, 0.2) is 0 Å². The van der Waals surface area contributed by atoms with Crippen LogP contribution in [0.4, 0.5) is 0 Å². The molecule has 0 aliphatic rings. The first-order valence-electron chi connectivity index (χ1n) is 6.23. The summed E-state index contributed by atoms with van der Waals surface area (Å²) in [5.74, 6) is 0. The Morgan fingerprint density at radius 1 is 1.00 bits per heavy atom. The van der Waals surface area contributed by atoms with E-state index in [1.54, 1.807) is 0 Å². The fraction of sp³-hybridized carbons (Fsp3) is 1.00. The summed E-state index contributed by atoms with van der Waals surface area (Å²) in [6.45, 7) is 12.6. The fourth-order valence-corrected chi connectivity index (χ4v) is 1.70. The van der Waals surface area contributed by atoms with Gasteiger partial charge in [0.1, 0.15) is 0 Å². The maximum atomic E-state index is 3.68. The predicted molar refractivity (Wildman–Crippen MR) is 65.7 cm³/mol. The molecule has 0 aromatic heterocycles. The molecule has 0 saturated heterocycles. The van der Waals surface area contributed by atoms with Gasteiger partial charge >= 0.3 is 0 Å². The van der Waals surface area contributed by atoms with Crippen LogP contribution in [0.25, 0.3) is 0 Å². The summed E-state index contributed by atoms with van der Waals surface area (Å²) in [6.07, 6.45) is 6.53. The third-order valence-corrected chi connectivity index (χ3v) is 2.58. The molecule has 0 radical (unpaired) electrons. The molecule has 0 bridgehead atoms. The van der Waals surface area contributed by atoms with E-state index in [1.807, 2.05) is 0 Å². The van der Waals surface area contributed by atoms with Crippen molar-refractivity contribution >= 4 is 0 Å². The molecule has 0 aliphatic heterocycles. The van der Waals surface area contributed by atoms with Gasteiger partial charge in [0, 0.05) is 6.04 Å². The average Bonchev–Trinajstić information content (AvgIpc) is 2.02. The van der Waals surface area contributed by atoms with Crippen molar-refractivity contribution in [3.05, 3.63) is 0 Å². The van der Waals surface area contributed by atoms with Crippen LogP contribution in [0.3, 0.4) is 0 Å². The van der Waals surface area contributed by atoms with E-state index in [2.05, 4.69) is 39.9 Å². The van der Waals surface area contributed by atoms with Crippen molar-refractivity contribution in [3.63, 3.8) is 0 Å². The van der Waals surface area contributed by atoms with Gasteiger partial charge in [-0.05, 0) is 31.2 Å². The Hall–Kier alpha value is -0.0400. The second kappa shape index (κ2) is 7.28. The Balaban J connectivity index is 3.60. The first-order valence-corrected chi connectivity index (χ1v) is 6.23. The van der Waals surface area contributed by atoms with Crippen LogP contribution in [0.5, 0.6) is 0 Å². The van der Waals surface area contributed by atoms with Crippen LogP contribution in [0.1, 0.15) is 66.7 Å². The fourth-order valence-electron chi connectivity index (χ4n) is 1.70. The minimum atomic E-state index is 0.468. The third-order valence-electron chi connectivity index (χ3n) is 2.58. The molecule has 0 aromatic carbocycles. The molecule has 0 heterocycles. The number of nitrogens with one attached hydrogen (secondary N) is 1. The number of hydrogen-bond donors (Lipinski definition) is 1. The molecule has 0 fully saturated rings. The zero-order valence-corrected chi connectivity index (χ0v) is 10.8. The summed E-state index contributed by atoms with van der Waals surface area (Å²) in [6, 6.07) is 0.757. The lowest BCUT2D eigenvalue weighted by molar-refractivity contribution is 0.342. The van der Waals surface area contributed by atoms with Crippen LogP contribution in [0.2, 0.25) is 0 Å². The van der Waals surface area contributed by atoms with Crippen LogP contribution in [-0.2, 0) is 0 Å². The van der Waals surface area contributed by atoms with Crippen molar-refractivity contribution in [3.8, 4) is 0 Å². The number of hydrogen-bond acceptors (Lipinski definition) is 1. The molecule has 0 aromatic rings. The van der Waals surface area contributed by atoms with E-state index in [9.17, 15) is 0 Å². The van der Waals surface area contributed by atoms with E-state index in [-0.39, 0.29) is 0 Å². The molecule has 0 amide bonds. The third kappa shape index (κ3) is 8.55. The van der Waals surface area contributed by atoms with Crippen molar-refractivity contribution < 1.29 is 0 Å². The monoisotopic (exact) mass is 199 g/mol. The smallest absolute Gasteiger partial charge is 0.00668 e. The summed E-state index contributed by atoms with van der Waals surface area (Å²) < 4.78 is 0. The van der Waals surface area contributed by atoms with Gasteiger partial charge in [0.15, 0.2) is 0 Å². The van der Waals surface area contributed by atoms with Crippen LogP contribution in [0, 0.1) is 5.41 Å². The minimum Gasteiger partial charge on any atom is -0.314 e. The zero-order valence-electron chi connectivity index (χ0n) is 10.8. The summed E-state index contributed by atoms with van der Waals surface area (Å²) in [7, 11) is 0. The van der Waals surface area contributed by atoms with Crippen LogP contribution < -0.4 is 5.32 Å². The van der Waals surface area contributed by atoms with Gasteiger partial charge in [-0.3, -0.25) is 0 Å². The highest BCUT2D eigenvalue weighted by Crippen LogP contribution is 2.17. The summed E-state index contributed by atoms with van der Waals surface area (Å²) in [5, 5.41) is 3.68. The maximum absolute atomic E-state index is 3.68. The Kier molecular flexibility index (Phi) is 7.26. The first kappa shape index (κ1) is 14.0. The van der Waals surface area contributed by atoms with Gasteiger partial charge in [0.05, 0.1) is 0 Å². The predicted octanol–water partition coefficient (Wildman–Crippen LogP) is 3.98. The lowest BCUT2D eigenvalue weighted by atomic mass is 9.92. The maximum Gasteiger partial charge on any atom is 0.00668 e. The Labute approximate surface area is 90.7 Å². The van der Waals surface area contributed by atoms with Gasteiger partial charge in [0.2, 0.25) is 0 Å². The van der Waals surface area contributed by atoms with Crippen molar-refractivity contribution in [2.24, 2.45) is 5.41 Å². The molecule has 0 saturated carbocycles. The van der Waals surface area contributed by atoms with Crippen molar-refractivity contribution in [1.29, 1.82) is 0 Å². The minimum absolute atomic E-state index is 0.468. The quantitative estimate of drug-likeness (QED) is 0.654. The van der Waals surface area contributed by atoms with Crippen molar-refractivity contribution in [2.45, 2.75) is 72.8 Å². The second-order valence-electron chi connectivity index (χ2n) is 5.54. The standard InChI is InChI=1S/C13H29N/c1-6-8-12(9-7-2)14-11-10-13(3,4)5/h12,14H,6-11H2,1-5H3. The molecule has 0 unspecified atom stereocenters. The van der Waals surface area contributed by atoms with Gasteiger partial charge in [-0.15, -0.1) is 0 Å². The molecule has 14 heavy (non-hydrogen) atoms. The lowest BCUT2D eigenvalue weighted by Crippen LogP contribution is -2.31. The van der Waals surface area contributed by atoms with E-state index < -0.39 is 0 Å². The van der Waals surface area contributed by atoms with Gasteiger partial charge < -0.3 is 5.32 Å². The molecule has 1 N–H and O–H groups in total. The first-order chi connectivity index (χ1) is 6.49. The highest BCUT2D eigenvalue weighted by atomic mass is 14.9. The van der Waals surface area contributed by atoms with Crippen LogP contribution >= 0.6 is 0 Å². The summed E-state index contributed by atoms with van der Waals surface area (Å²) in [5.41, 5.74) is 0.468. The van der Waals surface area contributed by atoms with Gasteiger partial charge in [-0.2, -0.15) is 0 Å². The van der Waals surface area contributed by atoms with Gasteiger partial charge in [0.25, 0.3) is 0 Å². The van der Waals surface area contributed by atoms with Gasteiger partial charge in [-0.1, -0.05) is 47.5 Å². The van der Waals surface area contributed by atoms with Crippen molar-refractivity contribution in [1.82, 2.24) is 5.32 Å². The average molecular weight is 199 g/mol. The SMILES string of the molecule is CCCC(CCC)NCCC(C)(C)C. The summed E-state index contributed by atoms with van der Waals surface area (Å²) in [4.78, 5) is 0. The van der Waals surface area contributed by atoms with E-state index in [1.165, 1.54) is 38.6 Å². The van der Waals surface area contributed by atoms with E-state index in [0.717, 1.165) is 6.04 Å². The normalized spacial score (nSPS) is 12.4. The lowest BCUT2D eigenvalue weighted by Gasteiger charge is -2.22. The molecule has 86 valence electrons. The summed E-state index contributed by atoms with van der Waals surface area (Å²) >= 11 is 0. The molecular formula is C13H29N. The molecule has 0 spiro atoms. The Morgan fingerprint density at radius 3 is 1.86 bits per heavy atom. The Bertz CT molecular complexity index is 118. The van der Waals surface area contributed by atoms with Gasteiger partial charge in [-0.25, -0.2) is 0 Å². The molecule has 1 nitrogen and oxygen atoms in total. The Morgan fingerprint density at radius 2 is 1.50 bits per heavy atom. The molecule has 1 heteroatoms. The van der Waals surface area contributed by atoms with Crippen LogP contribution in [-0.4, -0.2) is 12.6 Å². The van der Waals surface area contributed by atoms with E-state index in [0.29, 0.717) is 5.41 Å². The van der Waals surface area contributed by atoms with E-state index in [4.69, 9.17) is 0 Å².